The Morgan fingerprint density at radius 1 is 0.931 bits per heavy atom. The molecule has 1 N–H and O–H groups in total. The first-order chi connectivity index (χ1) is 14.1. The summed E-state index contributed by atoms with van der Waals surface area (Å²) in [6.45, 7) is 2.64. The van der Waals surface area contributed by atoms with Gasteiger partial charge in [-0.2, -0.15) is 0 Å². The molecule has 0 saturated heterocycles. The lowest BCUT2D eigenvalue weighted by molar-refractivity contribution is 0.0946. The molecule has 0 atom stereocenters. The van der Waals surface area contributed by atoms with E-state index < -0.39 is 0 Å². The fourth-order valence-corrected chi connectivity index (χ4v) is 2.67. The van der Waals surface area contributed by atoms with Gasteiger partial charge in [-0.25, -0.2) is 0 Å². The minimum absolute atomic E-state index is 0.227. The summed E-state index contributed by atoms with van der Waals surface area (Å²) in [4.78, 5) is 12.3. The predicted molar refractivity (Wildman–Crippen MR) is 110 cm³/mol. The van der Waals surface area contributed by atoms with Crippen molar-refractivity contribution in [3.05, 3.63) is 65.7 Å². The summed E-state index contributed by atoms with van der Waals surface area (Å²) in [6, 6.07) is 16.7. The molecule has 1 aromatic heterocycles. The van der Waals surface area contributed by atoms with E-state index in [1.807, 2.05) is 37.3 Å². The molecule has 29 heavy (non-hydrogen) atoms. The van der Waals surface area contributed by atoms with Crippen LogP contribution >= 0.6 is 0 Å². The molecule has 0 radical (unpaired) electrons. The molecule has 2 aromatic carbocycles. The number of ether oxygens (including phenoxy) is 3. The fourth-order valence-electron chi connectivity index (χ4n) is 2.67. The second kappa shape index (κ2) is 9.54. The summed E-state index contributed by atoms with van der Waals surface area (Å²) in [7, 11) is 3.07. The lowest BCUT2D eigenvalue weighted by Gasteiger charge is -2.10. The average molecular weight is 393 g/mol. The van der Waals surface area contributed by atoms with Gasteiger partial charge in [-0.15, -0.1) is 10.2 Å². The number of hydrogen-bond donors (Lipinski definition) is 1. The molecule has 1 heterocycles. The maximum Gasteiger partial charge on any atom is 0.251 e. The summed E-state index contributed by atoms with van der Waals surface area (Å²) in [5.74, 6) is 1.25. The van der Waals surface area contributed by atoms with Crippen LogP contribution in [0.5, 0.6) is 17.4 Å². The highest BCUT2D eigenvalue weighted by molar-refractivity contribution is 5.94. The van der Waals surface area contributed by atoms with Crippen molar-refractivity contribution in [3.8, 4) is 28.6 Å². The number of rotatable bonds is 8. The largest absolute Gasteiger partial charge is 0.493 e. The molecule has 3 rings (SSSR count). The molecule has 0 spiro atoms. The Morgan fingerprint density at radius 3 is 2.34 bits per heavy atom. The predicted octanol–water partition coefficient (Wildman–Crippen LogP) is 3.28. The second-order valence-corrected chi connectivity index (χ2v) is 6.30. The molecular weight excluding hydrogens is 370 g/mol. The number of aromatic nitrogens is 2. The number of nitrogens with zero attached hydrogens (tertiary/aromatic N) is 2. The monoisotopic (exact) mass is 393 g/mol. The smallest absolute Gasteiger partial charge is 0.251 e. The third-order valence-electron chi connectivity index (χ3n) is 4.27. The maximum absolute atomic E-state index is 12.3. The van der Waals surface area contributed by atoms with E-state index >= 15 is 0 Å². The van der Waals surface area contributed by atoms with Crippen LogP contribution in [0.3, 0.4) is 0 Å². The number of methoxy groups -OCH3 is 2. The molecule has 7 heteroatoms. The molecule has 0 saturated carbocycles. The van der Waals surface area contributed by atoms with E-state index in [-0.39, 0.29) is 12.5 Å². The second-order valence-electron chi connectivity index (χ2n) is 6.30. The Bertz CT molecular complexity index is 957. The highest BCUT2D eigenvalue weighted by atomic mass is 16.5. The topological polar surface area (TPSA) is 82.6 Å². The van der Waals surface area contributed by atoms with E-state index in [0.717, 1.165) is 11.3 Å². The van der Waals surface area contributed by atoms with E-state index in [1.54, 1.807) is 31.4 Å². The first-order valence-electron chi connectivity index (χ1n) is 9.14. The Hall–Kier alpha value is -3.61. The number of amides is 1. The van der Waals surface area contributed by atoms with Crippen LogP contribution in [0.1, 0.15) is 15.9 Å². The Kier molecular flexibility index (Phi) is 6.63. The summed E-state index contributed by atoms with van der Waals surface area (Å²) < 4.78 is 15.9. The van der Waals surface area contributed by atoms with Gasteiger partial charge in [0, 0.05) is 17.2 Å². The Balaban J connectivity index is 1.49. The van der Waals surface area contributed by atoms with Crippen LogP contribution in [-0.4, -0.2) is 43.5 Å². The molecule has 0 aliphatic heterocycles. The summed E-state index contributed by atoms with van der Waals surface area (Å²) >= 11 is 0. The van der Waals surface area contributed by atoms with Gasteiger partial charge in [0.05, 0.1) is 26.5 Å². The quantitative estimate of drug-likeness (QED) is 0.592. The van der Waals surface area contributed by atoms with Gasteiger partial charge in [-0.1, -0.05) is 29.8 Å². The first-order valence-corrected chi connectivity index (χ1v) is 9.14. The number of hydrogen-bond acceptors (Lipinski definition) is 6. The molecule has 0 bridgehead atoms. The summed E-state index contributed by atoms with van der Waals surface area (Å²) in [5, 5.41) is 11.1. The summed E-state index contributed by atoms with van der Waals surface area (Å²) in [5.41, 5.74) is 3.44. The van der Waals surface area contributed by atoms with Gasteiger partial charge >= 0.3 is 0 Å². The minimum Gasteiger partial charge on any atom is -0.493 e. The van der Waals surface area contributed by atoms with Gasteiger partial charge in [-0.3, -0.25) is 4.79 Å². The van der Waals surface area contributed by atoms with Gasteiger partial charge in [0.2, 0.25) is 5.88 Å². The normalized spacial score (nSPS) is 10.3. The van der Waals surface area contributed by atoms with Crippen molar-refractivity contribution in [3.63, 3.8) is 0 Å². The Labute approximate surface area is 169 Å². The molecule has 1 amide bonds. The SMILES string of the molecule is COc1ccc(C(=O)NCCOc2ccc(-c3ccc(C)cc3)nn2)cc1OC. The molecule has 0 aliphatic carbocycles. The minimum atomic E-state index is -0.227. The molecule has 150 valence electrons. The number of carbonyl (C=O) groups is 1. The molecular formula is C22H23N3O4. The molecule has 0 aliphatic rings. The van der Waals surface area contributed by atoms with Crippen molar-refractivity contribution in [1.82, 2.24) is 15.5 Å². The van der Waals surface area contributed by atoms with E-state index in [2.05, 4.69) is 15.5 Å². The van der Waals surface area contributed by atoms with Crippen LogP contribution in [0.15, 0.2) is 54.6 Å². The number of benzene rings is 2. The van der Waals surface area contributed by atoms with Crippen molar-refractivity contribution >= 4 is 5.91 Å². The fraction of sp³-hybridized carbons (Fsp3) is 0.227. The summed E-state index contributed by atoms with van der Waals surface area (Å²) in [6.07, 6.45) is 0. The van der Waals surface area contributed by atoms with Crippen LogP contribution in [0.25, 0.3) is 11.3 Å². The Morgan fingerprint density at radius 2 is 1.69 bits per heavy atom. The zero-order valence-electron chi connectivity index (χ0n) is 16.6. The van der Waals surface area contributed by atoms with Crippen molar-refractivity contribution < 1.29 is 19.0 Å². The van der Waals surface area contributed by atoms with Crippen LogP contribution < -0.4 is 19.5 Å². The van der Waals surface area contributed by atoms with Crippen LogP contribution in [0.4, 0.5) is 0 Å². The van der Waals surface area contributed by atoms with E-state index in [1.165, 1.54) is 12.7 Å². The van der Waals surface area contributed by atoms with Gasteiger partial charge in [0.1, 0.15) is 6.61 Å². The van der Waals surface area contributed by atoms with Crippen molar-refractivity contribution in [2.45, 2.75) is 6.92 Å². The van der Waals surface area contributed by atoms with E-state index in [4.69, 9.17) is 14.2 Å². The zero-order chi connectivity index (χ0) is 20.6. The average Bonchev–Trinajstić information content (AvgIpc) is 2.77. The highest BCUT2D eigenvalue weighted by Gasteiger charge is 2.10. The number of aryl methyl sites for hydroxylation is 1. The van der Waals surface area contributed by atoms with Crippen LogP contribution in [0.2, 0.25) is 0 Å². The number of carbonyl (C=O) groups excluding carboxylic acids is 1. The van der Waals surface area contributed by atoms with Crippen molar-refractivity contribution in [2.24, 2.45) is 0 Å². The third-order valence-corrected chi connectivity index (χ3v) is 4.27. The van der Waals surface area contributed by atoms with Crippen LogP contribution in [0, 0.1) is 6.92 Å². The van der Waals surface area contributed by atoms with E-state index in [0.29, 0.717) is 29.5 Å². The standard InChI is InChI=1S/C22H23N3O4/c1-15-4-6-16(7-5-15)18-9-11-21(25-24-18)29-13-12-23-22(26)17-8-10-19(27-2)20(14-17)28-3/h4-11,14H,12-13H2,1-3H3,(H,23,26). The molecule has 7 nitrogen and oxygen atoms in total. The first kappa shape index (κ1) is 20.1. The maximum atomic E-state index is 12.3. The highest BCUT2D eigenvalue weighted by Crippen LogP contribution is 2.27. The molecule has 3 aromatic rings. The number of nitrogens with one attached hydrogen (secondary N) is 1. The van der Waals surface area contributed by atoms with Gasteiger partial charge in [-0.05, 0) is 31.2 Å². The lowest BCUT2D eigenvalue weighted by atomic mass is 10.1. The molecule has 0 fully saturated rings. The third kappa shape index (κ3) is 5.22. The van der Waals surface area contributed by atoms with Gasteiger partial charge in [0.25, 0.3) is 5.91 Å². The zero-order valence-corrected chi connectivity index (χ0v) is 16.6. The van der Waals surface area contributed by atoms with Gasteiger partial charge < -0.3 is 19.5 Å². The lowest BCUT2D eigenvalue weighted by Crippen LogP contribution is -2.28. The van der Waals surface area contributed by atoms with Crippen molar-refractivity contribution in [2.75, 3.05) is 27.4 Å². The van der Waals surface area contributed by atoms with Gasteiger partial charge in [0.15, 0.2) is 11.5 Å². The van der Waals surface area contributed by atoms with E-state index in [9.17, 15) is 4.79 Å². The van der Waals surface area contributed by atoms with Crippen LogP contribution in [-0.2, 0) is 0 Å². The molecule has 0 unspecified atom stereocenters. The van der Waals surface area contributed by atoms with Crippen molar-refractivity contribution in [1.29, 1.82) is 0 Å².